The van der Waals surface area contributed by atoms with Gasteiger partial charge in [-0.25, -0.2) is 9.67 Å². The van der Waals surface area contributed by atoms with E-state index in [0.29, 0.717) is 52.4 Å². The number of fused-ring (bicyclic) bond motifs is 4. The van der Waals surface area contributed by atoms with Gasteiger partial charge in [-0.15, -0.1) is 18.3 Å². The topological polar surface area (TPSA) is 130 Å². The number of nitrogens with two attached hydrogens (primary N) is 1. The molecule has 11 nitrogen and oxygen atoms in total. The molecule has 1 atom stereocenters. The van der Waals surface area contributed by atoms with E-state index in [-0.39, 0.29) is 24.1 Å². The molecule has 0 saturated heterocycles. The molecular formula is C28H21F3N8O3. The van der Waals surface area contributed by atoms with Crippen LogP contribution in [0.25, 0.3) is 28.3 Å². The van der Waals surface area contributed by atoms with E-state index in [2.05, 4.69) is 24.9 Å². The van der Waals surface area contributed by atoms with Crippen molar-refractivity contribution in [2.75, 3.05) is 12.3 Å². The molecular weight excluding hydrogens is 553 g/mol. The number of anilines is 1. The van der Waals surface area contributed by atoms with Gasteiger partial charge in [0.1, 0.15) is 5.75 Å². The number of hydrogen-bond acceptors (Lipinski definition) is 8. The van der Waals surface area contributed by atoms with Crippen LogP contribution in [0.3, 0.4) is 0 Å². The fourth-order valence-electron chi connectivity index (χ4n) is 5.24. The zero-order chi connectivity index (χ0) is 29.0. The number of aromatic nitrogens is 6. The number of benzene rings is 2. The maximum absolute atomic E-state index is 14.2. The van der Waals surface area contributed by atoms with Crippen LogP contribution in [0.5, 0.6) is 5.75 Å². The number of furan rings is 1. The Labute approximate surface area is 234 Å². The second-order valence-corrected chi connectivity index (χ2v) is 9.75. The van der Waals surface area contributed by atoms with Crippen molar-refractivity contribution in [3.05, 3.63) is 89.8 Å². The smallest absolute Gasteiger partial charge is 0.461 e. The molecule has 14 heteroatoms. The number of alkyl halides is 3. The highest BCUT2D eigenvalue weighted by Crippen LogP contribution is 2.32. The minimum absolute atomic E-state index is 0.0351. The van der Waals surface area contributed by atoms with E-state index in [0.717, 1.165) is 5.56 Å². The van der Waals surface area contributed by atoms with Gasteiger partial charge < -0.3 is 19.8 Å². The second-order valence-electron chi connectivity index (χ2n) is 9.75. The molecule has 7 rings (SSSR count). The Morgan fingerprint density at radius 1 is 1.02 bits per heavy atom. The summed E-state index contributed by atoms with van der Waals surface area (Å²) in [5.74, 6) is 0.152. The predicted molar refractivity (Wildman–Crippen MR) is 143 cm³/mol. The second kappa shape index (κ2) is 9.61. The van der Waals surface area contributed by atoms with Gasteiger partial charge in [-0.05, 0) is 47.4 Å². The molecule has 6 aromatic rings. The van der Waals surface area contributed by atoms with Gasteiger partial charge in [0.05, 0.1) is 17.8 Å². The largest absolute Gasteiger partial charge is 0.573 e. The van der Waals surface area contributed by atoms with Gasteiger partial charge in [-0.1, -0.05) is 36.4 Å². The number of hydrogen-bond donors (Lipinski definition) is 1. The van der Waals surface area contributed by atoms with Crippen LogP contribution < -0.4 is 10.5 Å². The summed E-state index contributed by atoms with van der Waals surface area (Å²) in [7, 11) is 0. The Balaban J connectivity index is 1.29. The molecule has 0 fully saturated rings. The Morgan fingerprint density at radius 2 is 1.86 bits per heavy atom. The summed E-state index contributed by atoms with van der Waals surface area (Å²) < 4.78 is 50.9. The monoisotopic (exact) mass is 574 g/mol. The number of carbonyl (C=O) groups is 1. The maximum atomic E-state index is 14.2. The van der Waals surface area contributed by atoms with Crippen LogP contribution in [0, 0.1) is 0 Å². The number of amides is 1. The van der Waals surface area contributed by atoms with E-state index < -0.39 is 12.4 Å². The molecule has 1 aliphatic heterocycles. The lowest BCUT2D eigenvalue weighted by Gasteiger charge is -2.32. The van der Waals surface area contributed by atoms with Gasteiger partial charge in [0, 0.05) is 13.1 Å². The van der Waals surface area contributed by atoms with E-state index in [1.807, 2.05) is 18.2 Å². The van der Waals surface area contributed by atoms with Crippen LogP contribution in [-0.4, -0.2) is 53.1 Å². The van der Waals surface area contributed by atoms with E-state index in [9.17, 15) is 18.0 Å². The van der Waals surface area contributed by atoms with Gasteiger partial charge in [0.25, 0.3) is 5.91 Å². The molecule has 5 heterocycles. The lowest BCUT2D eigenvalue weighted by atomic mass is 9.97. The maximum Gasteiger partial charge on any atom is 0.573 e. The van der Waals surface area contributed by atoms with Crippen molar-refractivity contribution < 1.29 is 27.1 Å². The highest BCUT2D eigenvalue weighted by atomic mass is 19.4. The highest BCUT2D eigenvalue weighted by Gasteiger charge is 2.34. The Kier molecular flexibility index (Phi) is 5.85. The first-order valence-electron chi connectivity index (χ1n) is 12.9. The van der Waals surface area contributed by atoms with E-state index in [1.54, 1.807) is 41.4 Å². The van der Waals surface area contributed by atoms with Crippen LogP contribution in [0.1, 0.15) is 22.7 Å². The van der Waals surface area contributed by atoms with Crippen molar-refractivity contribution in [2.24, 2.45) is 0 Å². The zero-order valence-corrected chi connectivity index (χ0v) is 21.7. The molecule has 1 aliphatic rings. The van der Waals surface area contributed by atoms with Crippen molar-refractivity contribution in [3.8, 4) is 17.3 Å². The number of ether oxygens (including phenoxy) is 1. The molecule has 4 aromatic heterocycles. The fraction of sp³-hybridized carbons (Fsp3) is 0.179. The molecule has 42 heavy (non-hydrogen) atoms. The minimum atomic E-state index is -4.82. The van der Waals surface area contributed by atoms with Gasteiger partial charge in [-0.2, -0.15) is 14.6 Å². The molecule has 1 amide bonds. The van der Waals surface area contributed by atoms with Crippen molar-refractivity contribution >= 4 is 28.5 Å². The SMILES string of the molecule is Nc1nc2c(cnn2C(C(=O)N2CCc3ccc(OC(F)(F)F)cc3C2)c2ccccc2)c2nc(-c3ccco3)nn12. The molecule has 0 spiro atoms. The van der Waals surface area contributed by atoms with Crippen molar-refractivity contribution in [1.29, 1.82) is 0 Å². The Morgan fingerprint density at radius 3 is 2.62 bits per heavy atom. The van der Waals surface area contributed by atoms with Crippen molar-refractivity contribution in [3.63, 3.8) is 0 Å². The number of nitrogens with zero attached hydrogens (tertiary/aromatic N) is 7. The highest BCUT2D eigenvalue weighted by molar-refractivity contribution is 5.92. The first-order valence-corrected chi connectivity index (χ1v) is 12.9. The van der Waals surface area contributed by atoms with Gasteiger partial charge in [0.15, 0.2) is 23.1 Å². The summed E-state index contributed by atoms with van der Waals surface area (Å²) >= 11 is 0. The normalized spacial score (nSPS) is 14.3. The lowest BCUT2D eigenvalue weighted by molar-refractivity contribution is -0.274. The van der Waals surface area contributed by atoms with Crippen LogP contribution in [0.15, 0.2) is 77.5 Å². The summed E-state index contributed by atoms with van der Waals surface area (Å²) in [6.07, 6.45) is -1.29. The fourth-order valence-corrected chi connectivity index (χ4v) is 5.24. The van der Waals surface area contributed by atoms with E-state index >= 15 is 0 Å². The number of carbonyl (C=O) groups excluding carboxylic acids is 1. The quantitative estimate of drug-likeness (QED) is 0.321. The van der Waals surface area contributed by atoms with Gasteiger partial charge in [-0.3, -0.25) is 4.79 Å². The van der Waals surface area contributed by atoms with Crippen molar-refractivity contribution in [1.82, 2.24) is 34.3 Å². The molecule has 0 radical (unpaired) electrons. The third-order valence-electron chi connectivity index (χ3n) is 7.13. The first-order chi connectivity index (χ1) is 20.2. The number of halogens is 3. The Hall–Kier alpha value is -5.40. The molecule has 1 unspecified atom stereocenters. The molecule has 212 valence electrons. The summed E-state index contributed by atoms with van der Waals surface area (Å²) in [5, 5.41) is 9.47. The summed E-state index contributed by atoms with van der Waals surface area (Å²) in [4.78, 5) is 24.9. The lowest BCUT2D eigenvalue weighted by Crippen LogP contribution is -2.41. The van der Waals surface area contributed by atoms with E-state index in [1.165, 1.54) is 27.6 Å². The third kappa shape index (κ3) is 4.46. The third-order valence-corrected chi connectivity index (χ3v) is 7.13. The van der Waals surface area contributed by atoms with Gasteiger partial charge in [0.2, 0.25) is 11.8 Å². The van der Waals surface area contributed by atoms with Crippen molar-refractivity contribution in [2.45, 2.75) is 25.4 Å². The average molecular weight is 575 g/mol. The average Bonchev–Trinajstić information content (AvgIpc) is 3.73. The first kappa shape index (κ1) is 25.6. The van der Waals surface area contributed by atoms with Crippen LogP contribution in [-0.2, 0) is 17.8 Å². The number of rotatable bonds is 5. The molecule has 0 bridgehead atoms. The van der Waals surface area contributed by atoms with E-state index in [4.69, 9.17) is 10.2 Å². The number of nitrogen functional groups attached to an aromatic ring is 1. The molecule has 0 saturated carbocycles. The zero-order valence-electron chi connectivity index (χ0n) is 21.7. The predicted octanol–water partition coefficient (Wildman–Crippen LogP) is 4.39. The molecule has 2 aromatic carbocycles. The molecule has 2 N–H and O–H groups in total. The summed E-state index contributed by atoms with van der Waals surface area (Å²) in [5.41, 5.74) is 9.05. The Bertz CT molecular complexity index is 1930. The summed E-state index contributed by atoms with van der Waals surface area (Å²) in [6.45, 7) is 0.465. The molecule has 0 aliphatic carbocycles. The minimum Gasteiger partial charge on any atom is -0.461 e. The van der Waals surface area contributed by atoms with Crippen LogP contribution in [0.2, 0.25) is 0 Å². The van der Waals surface area contributed by atoms with Crippen LogP contribution in [0.4, 0.5) is 19.1 Å². The van der Waals surface area contributed by atoms with Crippen LogP contribution >= 0.6 is 0 Å². The summed E-state index contributed by atoms with van der Waals surface area (Å²) in [6, 6.07) is 15.8. The standard InChI is InChI=1S/C28H21F3N8O3/c29-28(30,31)42-19-9-8-16-10-11-37(15-18(16)13-19)26(40)22(17-5-2-1-3-6-17)38-25-20(14-33-38)24-34-23(21-7-4-12-41-21)36-39(24)27(32)35-25/h1-9,12-14,22H,10-11,15H2,(H2,32,35). The van der Waals surface area contributed by atoms with Gasteiger partial charge >= 0.3 is 6.36 Å².